The van der Waals surface area contributed by atoms with Crippen molar-refractivity contribution in [2.24, 2.45) is 10.9 Å². The minimum absolute atomic E-state index is 0. The third-order valence-electron chi connectivity index (χ3n) is 6.34. The number of hydrogen-bond donors (Lipinski definition) is 3. The van der Waals surface area contributed by atoms with Crippen LogP contribution < -0.4 is 16.0 Å². The fourth-order valence-electron chi connectivity index (χ4n) is 4.61. The van der Waals surface area contributed by atoms with Gasteiger partial charge in [-0.25, -0.2) is 4.98 Å². The molecular weight excluding hydrogens is 515 g/mol. The maximum absolute atomic E-state index is 12.8. The number of carbonyl (C=O) groups is 1. The molecule has 174 valence electrons. The van der Waals surface area contributed by atoms with Crippen molar-refractivity contribution in [1.82, 2.24) is 20.5 Å². The molecule has 32 heavy (non-hydrogen) atoms. The molecule has 4 rings (SSSR count). The Morgan fingerprint density at radius 1 is 1.09 bits per heavy atom. The van der Waals surface area contributed by atoms with E-state index in [0.717, 1.165) is 68.1 Å². The predicted octanol–water partition coefficient (Wildman–Crippen LogP) is 3.61. The van der Waals surface area contributed by atoms with Crippen LogP contribution in [0.2, 0.25) is 0 Å². The van der Waals surface area contributed by atoms with Gasteiger partial charge in [0.1, 0.15) is 5.82 Å². The number of hydrogen-bond acceptors (Lipinski definition) is 4. The molecule has 2 fully saturated rings. The van der Waals surface area contributed by atoms with Crippen LogP contribution in [0.5, 0.6) is 0 Å². The van der Waals surface area contributed by atoms with Crippen LogP contribution in [-0.4, -0.2) is 61.0 Å². The second-order valence-electron chi connectivity index (χ2n) is 8.56. The van der Waals surface area contributed by atoms with Crippen molar-refractivity contribution in [3.63, 3.8) is 0 Å². The number of carbonyl (C=O) groups excluding carboxylic acids is 1. The van der Waals surface area contributed by atoms with Crippen molar-refractivity contribution in [3.05, 3.63) is 36.4 Å². The fraction of sp³-hybridized carbons (Fsp3) is 0.542. The summed E-state index contributed by atoms with van der Waals surface area (Å²) in [6.07, 6.45) is 6.78. The highest BCUT2D eigenvalue weighted by Gasteiger charge is 2.31. The number of aliphatic imine (C=N–C) groups is 1. The monoisotopic (exact) mass is 550 g/mol. The molecule has 1 saturated carbocycles. The van der Waals surface area contributed by atoms with E-state index in [1.54, 1.807) is 7.05 Å². The van der Waals surface area contributed by atoms with E-state index in [0.29, 0.717) is 5.91 Å². The van der Waals surface area contributed by atoms with Gasteiger partial charge >= 0.3 is 0 Å². The van der Waals surface area contributed by atoms with E-state index >= 15 is 0 Å². The number of halogens is 1. The third-order valence-corrected chi connectivity index (χ3v) is 6.34. The van der Waals surface area contributed by atoms with E-state index in [1.807, 2.05) is 29.2 Å². The quantitative estimate of drug-likeness (QED) is 0.222. The average molecular weight is 550 g/mol. The van der Waals surface area contributed by atoms with Crippen LogP contribution in [0, 0.1) is 5.92 Å². The Morgan fingerprint density at radius 2 is 1.91 bits per heavy atom. The first kappa shape index (κ1) is 24.5. The van der Waals surface area contributed by atoms with Crippen molar-refractivity contribution < 1.29 is 4.79 Å². The Kier molecular flexibility index (Phi) is 9.37. The number of benzene rings is 1. The zero-order valence-electron chi connectivity index (χ0n) is 18.8. The molecule has 1 saturated heterocycles. The first-order valence-corrected chi connectivity index (χ1v) is 11.6. The molecular formula is C24H35IN6O. The Hall–Kier alpha value is -2.10. The molecule has 1 aromatic carbocycles. The first-order chi connectivity index (χ1) is 15.2. The van der Waals surface area contributed by atoms with E-state index < -0.39 is 0 Å². The molecule has 1 aliphatic carbocycles. The zero-order chi connectivity index (χ0) is 21.5. The van der Waals surface area contributed by atoms with Crippen LogP contribution in [0.1, 0.15) is 38.5 Å². The summed E-state index contributed by atoms with van der Waals surface area (Å²) in [6, 6.07) is 12.5. The van der Waals surface area contributed by atoms with Crippen molar-refractivity contribution in [3.8, 4) is 0 Å². The molecule has 1 aliphatic heterocycles. The Balaban J connectivity index is 0.00000289. The second-order valence-corrected chi connectivity index (χ2v) is 8.56. The van der Waals surface area contributed by atoms with Crippen LogP contribution in [0.3, 0.4) is 0 Å². The molecule has 0 spiro atoms. The number of amides is 1. The summed E-state index contributed by atoms with van der Waals surface area (Å²) < 4.78 is 0. The average Bonchev–Trinajstić information content (AvgIpc) is 3.29. The number of fused-ring (bicyclic) bond motifs is 1. The molecule has 1 atom stereocenters. The second kappa shape index (κ2) is 12.2. The lowest BCUT2D eigenvalue weighted by atomic mass is 9.88. The zero-order valence-corrected chi connectivity index (χ0v) is 21.2. The number of guanidine groups is 1. The predicted molar refractivity (Wildman–Crippen MR) is 142 cm³/mol. The Labute approximate surface area is 207 Å². The molecule has 1 unspecified atom stereocenters. The number of rotatable bonds is 6. The molecule has 7 nitrogen and oxygen atoms in total. The van der Waals surface area contributed by atoms with Crippen LogP contribution >= 0.6 is 24.0 Å². The van der Waals surface area contributed by atoms with Crippen molar-refractivity contribution in [1.29, 1.82) is 0 Å². The van der Waals surface area contributed by atoms with E-state index in [1.165, 1.54) is 19.3 Å². The summed E-state index contributed by atoms with van der Waals surface area (Å²) in [6.45, 7) is 3.09. The molecule has 2 aliphatic rings. The molecule has 0 radical (unpaired) electrons. The topological polar surface area (TPSA) is 81.7 Å². The number of pyridine rings is 1. The number of para-hydroxylation sites is 1. The molecule has 1 amide bonds. The molecule has 2 aromatic rings. The van der Waals surface area contributed by atoms with Gasteiger partial charge in [0, 0.05) is 50.6 Å². The fourth-order valence-corrected chi connectivity index (χ4v) is 4.61. The number of likely N-dealkylation sites (tertiary alicyclic amines) is 1. The highest BCUT2D eigenvalue weighted by molar-refractivity contribution is 14.0. The van der Waals surface area contributed by atoms with Gasteiger partial charge in [-0.3, -0.25) is 9.79 Å². The van der Waals surface area contributed by atoms with Gasteiger partial charge in [0.15, 0.2) is 5.96 Å². The Bertz CT molecular complexity index is 914. The van der Waals surface area contributed by atoms with Crippen LogP contribution in [0.25, 0.3) is 10.9 Å². The molecule has 8 heteroatoms. The summed E-state index contributed by atoms with van der Waals surface area (Å²) in [5.41, 5.74) is 0.992. The van der Waals surface area contributed by atoms with Gasteiger partial charge in [-0.05, 0) is 37.5 Å². The van der Waals surface area contributed by atoms with Gasteiger partial charge in [-0.1, -0.05) is 37.5 Å². The summed E-state index contributed by atoms with van der Waals surface area (Å²) >= 11 is 0. The van der Waals surface area contributed by atoms with Gasteiger partial charge < -0.3 is 20.9 Å². The van der Waals surface area contributed by atoms with Gasteiger partial charge in [0.25, 0.3) is 0 Å². The number of aromatic nitrogens is 1. The van der Waals surface area contributed by atoms with Crippen molar-refractivity contribution in [2.45, 2.75) is 44.6 Å². The number of anilines is 1. The number of nitrogens with zero attached hydrogens (tertiary/aromatic N) is 3. The highest BCUT2D eigenvalue weighted by atomic mass is 127. The third kappa shape index (κ3) is 6.46. The lowest BCUT2D eigenvalue weighted by Gasteiger charge is -2.26. The van der Waals surface area contributed by atoms with Crippen LogP contribution in [-0.2, 0) is 4.79 Å². The summed E-state index contributed by atoms with van der Waals surface area (Å²) in [4.78, 5) is 23.8. The number of nitrogens with one attached hydrogen (secondary N) is 3. The highest BCUT2D eigenvalue weighted by Crippen LogP contribution is 2.26. The smallest absolute Gasteiger partial charge is 0.225 e. The lowest BCUT2D eigenvalue weighted by Crippen LogP contribution is -2.46. The molecule has 0 bridgehead atoms. The molecule has 2 heterocycles. The molecule has 3 N–H and O–H groups in total. The first-order valence-electron chi connectivity index (χ1n) is 11.6. The maximum atomic E-state index is 12.8. The minimum Gasteiger partial charge on any atom is -0.368 e. The Morgan fingerprint density at radius 3 is 2.72 bits per heavy atom. The van der Waals surface area contributed by atoms with Gasteiger partial charge in [0.2, 0.25) is 5.91 Å². The standard InChI is InChI=1S/C24H34N6O.HI/c1-25-24(27-15-14-26-22-12-11-18-7-5-6-10-21(18)29-22)28-20-13-16-30(17-20)23(31)19-8-3-2-4-9-19;/h5-7,10-12,19-20H,2-4,8-9,13-17H2,1H3,(H,26,29)(H2,25,27,28);1H. The van der Waals surface area contributed by atoms with E-state index in [4.69, 9.17) is 0 Å². The maximum Gasteiger partial charge on any atom is 0.225 e. The summed E-state index contributed by atoms with van der Waals surface area (Å²) in [7, 11) is 1.79. The SMILES string of the molecule is CN=C(NCCNc1ccc2ccccc2n1)NC1CCN(C(=O)C2CCCCC2)C1.I. The largest absolute Gasteiger partial charge is 0.368 e. The van der Waals surface area contributed by atoms with Crippen molar-refractivity contribution in [2.75, 3.05) is 38.5 Å². The molecule has 1 aromatic heterocycles. The van der Waals surface area contributed by atoms with E-state index in [2.05, 4.69) is 38.1 Å². The van der Waals surface area contributed by atoms with E-state index in [9.17, 15) is 4.79 Å². The van der Waals surface area contributed by atoms with Crippen molar-refractivity contribution >= 4 is 52.6 Å². The summed E-state index contributed by atoms with van der Waals surface area (Å²) in [5, 5.41) is 11.3. The normalized spacial score (nSPS) is 19.5. The summed E-state index contributed by atoms with van der Waals surface area (Å²) in [5.74, 6) is 2.26. The lowest BCUT2D eigenvalue weighted by molar-refractivity contribution is -0.135. The van der Waals surface area contributed by atoms with Crippen LogP contribution in [0.15, 0.2) is 41.4 Å². The van der Waals surface area contributed by atoms with Crippen LogP contribution in [0.4, 0.5) is 5.82 Å². The van der Waals surface area contributed by atoms with Gasteiger partial charge in [-0.2, -0.15) is 0 Å². The van der Waals surface area contributed by atoms with Gasteiger partial charge in [0.05, 0.1) is 5.52 Å². The minimum atomic E-state index is 0. The van der Waals surface area contributed by atoms with Gasteiger partial charge in [-0.15, -0.1) is 24.0 Å². The van der Waals surface area contributed by atoms with E-state index in [-0.39, 0.29) is 35.9 Å².